The van der Waals surface area contributed by atoms with Crippen molar-refractivity contribution in [2.75, 3.05) is 32.7 Å². The molecule has 130 valence electrons. The Labute approximate surface area is 143 Å². The Morgan fingerprint density at radius 2 is 1.83 bits per heavy atom. The van der Waals surface area contributed by atoms with E-state index in [4.69, 9.17) is 0 Å². The molecule has 5 heteroatoms. The van der Waals surface area contributed by atoms with Gasteiger partial charge in [0.1, 0.15) is 0 Å². The smallest absolute Gasteiger partial charge is 0.308 e. The molecule has 2 fully saturated rings. The topological polar surface area (TPSA) is 60.9 Å². The van der Waals surface area contributed by atoms with Crippen LogP contribution in [0.15, 0.2) is 24.3 Å². The molecule has 1 amide bonds. The zero-order valence-electron chi connectivity index (χ0n) is 14.3. The van der Waals surface area contributed by atoms with E-state index in [1.165, 1.54) is 6.42 Å². The number of carbonyl (C=O) groups excluding carboxylic acids is 1. The summed E-state index contributed by atoms with van der Waals surface area (Å²) < 4.78 is 0. The summed E-state index contributed by atoms with van der Waals surface area (Å²) in [6.07, 6.45) is 3.54. The van der Waals surface area contributed by atoms with Crippen LogP contribution in [0.2, 0.25) is 0 Å². The van der Waals surface area contributed by atoms with Gasteiger partial charge in [-0.2, -0.15) is 0 Å². The molecule has 2 heterocycles. The van der Waals surface area contributed by atoms with Gasteiger partial charge in [0, 0.05) is 19.0 Å². The molecule has 5 nitrogen and oxygen atoms in total. The third-order valence-electron chi connectivity index (χ3n) is 5.39. The standard InChI is InChI=1S/C19H26N2O3/c1-14-7-3-4-8-15(14)16-11-21(12-17(16)19(23)24)18(22)13-20-9-5-2-6-10-20/h3-4,7-8,16-17H,2,5-6,9-13H2,1H3,(H,23,24)/t16-,17+/m0/s1. The lowest BCUT2D eigenvalue weighted by Gasteiger charge is -2.28. The second-order valence-electron chi connectivity index (χ2n) is 7.04. The molecular weight excluding hydrogens is 304 g/mol. The van der Waals surface area contributed by atoms with Crippen molar-refractivity contribution in [3.63, 3.8) is 0 Å². The zero-order chi connectivity index (χ0) is 17.1. The number of likely N-dealkylation sites (tertiary alicyclic amines) is 2. The Balaban J connectivity index is 1.71. The van der Waals surface area contributed by atoms with Crippen LogP contribution in [0.4, 0.5) is 0 Å². The molecule has 2 aliphatic rings. The van der Waals surface area contributed by atoms with Crippen LogP contribution in [0.1, 0.15) is 36.3 Å². The molecule has 0 saturated carbocycles. The fraction of sp³-hybridized carbons (Fsp3) is 0.579. The first-order valence-electron chi connectivity index (χ1n) is 8.84. The number of aryl methyl sites for hydroxylation is 1. The van der Waals surface area contributed by atoms with Gasteiger partial charge in [-0.3, -0.25) is 14.5 Å². The highest BCUT2D eigenvalue weighted by Gasteiger charge is 2.41. The summed E-state index contributed by atoms with van der Waals surface area (Å²) in [5.41, 5.74) is 2.15. The first-order chi connectivity index (χ1) is 11.6. The van der Waals surface area contributed by atoms with Crippen molar-refractivity contribution in [1.82, 2.24) is 9.80 Å². The van der Waals surface area contributed by atoms with E-state index in [1.807, 2.05) is 31.2 Å². The summed E-state index contributed by atoms with van der Waals surface area (Å²) in [6.45, 7) is 5.21. The first-order valence-corrected chi connectivity index (χ1v) is 8.84. The van der Waals surface area contributed by atoms with Gasteiger partial charge in [-0.25, -0.2) is 0 Å². The van der Waals surface area contributed by atoms with Crippen LogP contribution in [-0.2, 0) is 9.59 Å². The van der Waals surface area contributed by atoms with Crippen molar-refractivity contribution in [1.29, 1.82) is 0 Å². The van der Waals surface area contributed by atoms with E-state index >= 15 is 0 Å². The third-order valence-corrected chi connectivity index (χ3v) is 5.39. The number of hydrogen-bond donors (Lipinski definition) is 1. The van der Waals surface area contributed by atoms with Gasteiger partial charge in [-0.05, 0) is 44.0 Å². The molecule has 3 rings (SSSR count). The second-order valence-corrected chi connectivity index (χ2v) is 7.04. The fourth-order valence-corrected chi connectivity index (χ4v) is 3.98. The predicted octanol–water partition coefficient (Wildman–Crippen LogP) is 2.11. The summed E-state index contributed by atoms with van der Waals surface area (Å²) in [5.74, 6) is -1.37. The second kappa shape index (κ2) is 7.34. The molecule has 0 spiro atoms. The van der Waals surface area contributed by atoms with Crippen molar-refractivity contribution in [2.24, 2.45) is 5.92 Å². The third kappa shape index (κ3) is 3.61. The molecule has 0 aromatic heterocycles. The van der Waals surface area contributed by atoms with Crippen LogP contribution in [0.25, 0.3) is 0 Å². The summed E-state index contributed by atoms with van der Waals surface area (Å²) in [7, 11) is 0. The Kier molecular flexibility index (Phi) is 5.19. The number of benzene rings is 1. The molecule has 0 radical (unpaired) electrons. The molecular formula is C19H26N2O3. The van der Waals surface area contributed by atoms with E-state index in [0.717, 1.165) is 37.1 Å². The van der Waals surface area contributed by atoms with Crippen LogP contribution in [0.5, 0.6) is 0 Å². The molecule has 0 unspecified atom stereocenters. The number of rotatable bonds is 4. The number of carbonyl (C=O) groups is 2. The van der Waals surface area contributed by atoms with E-state index in [1.54, 1.807) is 4.90 Å². The Hall–Kier alpha value is -1.88. The van der Waals surface area contributed by atoms with Crippen LogP contribution in [0, 0.1) is 12.8 Å². The largest absolute Gasteiger partial charge is 0.481 e. The van der Waals surface area contributed by atoms with E-state index in [0.29, 0.717) is 19.6 Å². The van der Waals surface area contributed by atoms with Crippen LogP contribution in [-0.4, -0.2) is 59.5 Å². The fourth-order valence-electron chi connectivity index (χ4n) is 3.98. The number of piperidine rings is 1. The lowest BCUT2D eigenvalue weighted by atomic mass is 9.86. The minimum atomic E-state index is -0.809. The minimum absolute atomic E-state index is 0.0687. The summed E-state index contributed by atoms with van der Waals surface area (Å²) >= 11 is 0. The van der Waals surface area contributed by atoms with Gasteiger partial charge in [0.25, 0.3) is 0 Å². The molecule has 1 aromatic rings. The Bertz CT molecular complexity index is 610. The van der Waals surface area contributed by atoms with Crippen LogP contribution < -0.4 is 0 Å². The maximum atomic E-state index is 12.6. The lowest BCUT2D eigenvalue weighted by molar-refractivity contribution is -0.141. The monoisotopic (exact) mass is 330 g/mol. The SMILES string of the molecule is Cc1ccccc1[C@@H]1CN(C(=O)CN2CCCCC2)C[C@H]1C(=O)O. The number of amides is 1. The van der Waals surface area contributed by atoms with Crippen LogP contribution >= 0.6 is 0 Å². The molecule has 1 aromatic carbocycles. The number of carboxylic acid groups (broad SMARTS) is 1. The van der Waals surface area contributed by atoms with Crippen molar-refractivity contribution in [2.45, 2.75) is 32.1 Å². The lowest BCUT2D eigenvalue weighted by Crippen LogP contribution is -2.41. The van der Waals surface area contributed by atoms with Gasteiger partial charge in [-0.1, -0.05) is 30.7 Å². The highest BCUT2D eigenvalue weighted by Crippen LogP contribution is 2.34. The van der Waals surface area contributed by atoms with Gasteiger partial charge in [0.15, 0.2) is 0 Å². The Morgan fingerprint density at radius 3 is 2.50 bits per heavy atom. The van der Waals surface area contributed by atoms with Gasteiger partial charge < -0.3 is 10.0 Å². The maximum Gasteiger partial charge on any atom is 0.308 e. The summed E-state index contributed by atoms with van der Waals surface area (Å²) in [6, 6.07) is 7.91. The molecule has 2 aliphatic heterocycles. The minimum Gasteiger partial charge on any atom is -0.481 e. The molecule has 0 bridgehead atoms. The van der Waals surface area contributed by atoms with Crippen molar-refractivity contribution in [3.05, 3.63) is 35.4 Å². The number of aliphatic carboxylic acids is 1. The van der Waals surface area contributed by atoms with Gasteiger partial charge in [0.05, 0.1) is 12.5 Å². The normalized spacial score (nSPS) is 25.0. The highest BCUT2D eigenvalue weighted by atomic mass is 16.4. The van der Waals surface area contributed by atoms with Gasteiger partial charge in [-0.15, -0.1) is 0 Å². The number of carboxylic acids is 1. The van der Waals surface area contributed by atoms with E-state index < -0.39 is 11.9 Å². The number of hydrogen-bond acceptors (Lipinski definition) is 3. The van der Waals surface area contributed by atoms with Gasteiger partial charge >= 0.3 is 5.97 Å². The van der Waals surface area contributed by atoms with Crippen molar-refractivity contribution < 1.29 is 14.7 Å². The average molecular weight is 330 g/mol. The maximum absolute atomic E-state index is 12.6. The van der Waals surface area contributed by atoms with E-state index in [2.05, 4.69) is 4.90 Å². The van der Waals surface area contributed by atoms with Gasteiger partial charge in [0.2, 0.25) is 5.91 Å². The molecule has 2 saturated heterocycles. The first kappa shape index (κ1) is 17.0. The summed E-state index contributed by atoms with van der Waals surface area (Å²) in [4.78, 5) is 28.3. The average Bonchev–Trinajstić information content (AvgIpc) is 3.02. The zero-order valence-corrected chi connectivity index (χ0v) is 14.3. The molecule has 1 N–H and O–H groups in total. The molecule has 2 atom stereocenters. The van der Waals surface area contributed by atoms with Crippen molar-refractivity contribution >= 4 is 11.9 Å². The molecule has 0 aliphatic carbocycles. The Morgan fingerprint density at radius 1 is 1.12 bits per heavy atom. The number of nitrogens with zero attached hydrogens (tertiary/aromatic N) is 2. The van der Waals surface area contributed by atoms with E-state index in [-0.39, 0.29) is 11.8 Å². The van der Waals surface area contributed by atoms with E-state index in [9.17, 15) is 14.7 Å². The highest BCUT2D eigenvalue weighted by molar-refractivity contribution is 5.81. The van der Waals surface area contributed by atoms with Crippen molar-refractivity contribution in [3.8, 4) is 0 Å². The molecule has 24 heavy (non-hydrogen) atoms. The van der Waals surface area contributed by atoms with Crippen LogP contribution in [0.3, 0.4) is 0 Å². The predicted molar refractivity (Wildman–Crippen MR) is 91.9 cm³/mol. The quantitative estimate of drug-likeness (QED) is 0.918. The summed E-state index contributed by atoms with van der Waals surface area (Å²) in [5, 5.41) is 9.61.